The van der Waals surface area contributed by atoms with Gasteiger partial charge in [-0.25, -0.2) is 4.79 Å². The molecule has 6 N–H and O–H groups in total. The molecular weight excluding hydrogens is 638 g/mol. The number of amides is 4. The van der Waals surface area contributed by atoms with Crippen LogP contribution in [0, 0.1) is 0 Å². The van der Waals surface area contributed by atoms with Crippen LogP contribution in [0.2, 0.25) is 0 Å². The summed E-state index contributed by atoms with van der Waals surface area (Å²) in [4.78, 5) is 63.1. The summed E-state index contributed by atoms with van der Waals surface area (Å²) in [5.41, 5.74) is 1.15. The van der Waals surface area contributed by atoms with Crippen molar-refractivity contribution in [2.75, 3.05) is 18.5 Å². The van der Waals surface area contributed by atoms with E-state index in [1.165, 1.54) is 17.2 Å². The molecular formula is C34H41N5O10. The molecule has 262 valence electrons. The predicted octanol–water partition coefficient (Wildman–Crippen LogP) is 1.56. The second kappa shape index (κ2) is 17.8. The number of rotatable bonds is 15. The van der Waals surface area contributed by atoms with Crippen molar-refractivity contribution in [2.45, 2.75) is 69.3 Å². The summed E-state index contributed by atoms with van der Waals surface area (Å²) in [5.74, 6) is -1.72. The Balaban J connectivity index is 1.26. The highest BCUT2D eigenvalue weighted by Crippen LogP contribution is 2.27. The molecule has 2 aromatic rings. The lowest BCUT2D eigenvalue weighted by molar-refractivity contribution is -0.145. The Labute approximate surface area is 283 Å². The fourth-order valence-corrected chi connectivity index (χ4v) is 5.16. The Kier molecular flexibility index (Phi) is 13.3. The first-order chi connectivity index (χ1) is 23.5. The molecule has 6 unspecified atom stereocenters. The van der Waals surface area contributed by atoms with Crippen LogP contribution < -0.4 is 21.3 Å². The number of benzene rings is 2. The van der Waals surface area contributed by atoms with Crippen molar-refractivity contribution in [2.24, 2.45) is 0 Å². The minimum Gasteiger partial charge on any atom is -0.466 e. The molecule has 0 aliphatic carbocycles. The van der Waals surface area contributed by atoms with E-state index < -0.39 is 60.6 Å². The molecule has 0 bridgehead atoms. The Morgan fingerprint density at radius 3 is 2.37 bits per heavy atom. The fourth-order valence-electron chi connectivity index (χ4n) is 5.16. The molecule has 15 heteroatoms. The summed E-state index contributed by atoms with van der Waals surface area (Å²) in [5, 5.41) is 31.5. The molecule has 4 amide bonds. The number of nitrogens with one attached hydrogen (secondary N) is 4. The van der Waals surface area contributed by atoms with Gasteiger partial charge in [0, 0.05) is 43.8 Å². The number of carbonyl (C=O) groups is 5. The Hall–Kier alpha value is -5.25. The number of carbonyl (C=O) groups excluding carboxylic acids is 5. The maximum atomic E-state index is 12.8. The molecule has 4 rings (SSSR count). The van der Waals surface area contributed by atoms with E-state index in [9.17, 15) is 34.2 Å². The van der Waals surface area contributed by atoms with E-state index in [0.717, 1.165) is 0 Å². The van der Waals surface area contributed by atoms with Gasteiger partial charge >= 0.3 is 12.1 Å². The van der Waals surface area contributed by atoms with E-state index >= 15 is 0 Å². The zero-order chi connectivity index (χ0) is 35.3. The van der Waals surface area contributed by atoms with Crippen LogP contribution in [-0.2, 0) is 33.4 Å². The van der Waals surface area contributed by atoms with Crippen LogP contribution in [0.5, 0.6) is 0 Å². The number of hydrogen-bond acceptors (Lipinski definition) is 11. The third-order valence-electron chi connectivity index (χ3n) is 7.74. The summed E-state index contributed by atoms with van der Waals surface area (Å²) < 4.78 is 16.9. The van der Waals surface area contributed by atoms with Crippen LogP contribution in [0.25, 0.3) is 0 Å². The first kappa shape index (κ1) is 36.6. The highest BCUT2D eigenvalue weighted by atomic mass is 16.6. The largest absolute Gasteiger partial charge is 0.466 e. The number of anilines is 1. The van der Waals surface area contributed by atoms with Crippen LogP contribution in [0.1, 0.15) is 44.3 Å². The third-order valence-corrected chi connectivity index (χ3v) is 7.74. The molecule has 0 aromatic heterocycles. The van der Waals surface area contributed by atoms with Crippen molar-refractivity contribution in [3.8, 4) is 0 Å². The number of ether oxygens (including phenoxy) is 3. The highest BCUT2D eigenvalue weighted by Gasteiger charge is 2.46. The molecule has 1 saturated heterocycles. The average Bonchev–Trinajstić information content (AvgIpc) is 3.37. The van der Waals surface area contributed by atoms with Crippen LogP contribution >= 0.6 is 0 Å². The fraction of sp³-hybridized carbons (Fsp3) is 0.382. The van der Waals surface area contributed by atoms with E-state index in [1.54, 1.807) is 61.5 Å². The Bertz CT molecular complexity index is 1510. The summed E-state index contributed by atoms with van der Waals surface area (Å²) in [6, 6.07) is 16.8. The number of aliphatic hydroxyl groups excluding tert-OH is 2. The van der Waals surface area contributed by atoms with E-state index in [4.69, 9.17) is 14.2 Å². The van der Waals surface area contributed by atoms with Crippen molar-refractivity contribution < 1.29 is 48.4 Å². The normalized spacial score (nSPS) is 21.2. The van der Waals surface area contributed by atoms with Gasteiger partial charge in [0.2, 0.25) is 11.8 Å². The van der Waals surface area contributed by atoms with Gasteiger partial charge in [-0.15, -0.1) is 0 Å². The Morgan fingerprint density at radius 1 is 1.00 bits per heavy atom. The zero-order valence-corrected chi connectivity index (χ0v) is 26.9. The van der Waals surface area contributed by atoms with E-state index in [2.05, 4.69) is 27.8 Å². The topological polar surface area (TPSA) is 205 Å². The monoisotopic (exact) mass is 679 g/mol. The van der Waals surface area contributed by atoms with Gasteiger partial charge in [0.15, 0.2) is 6.23 Å². The third kappa shape index (κ3) is 10.6. The predicted molar refractivity (Wildman–Crippen MR) is 175 cm³/mol. The Morgan fingerprint density at radius 2 is 1.69 bits per heavy atom. The highest BCUT2D eigenvalue weighted by molar-refractivity contribution is 5.89. The van der Waals surface area contributed by atoms with Gasteiger partial charge in [-0.2, -0.15) is 0 Å². The molecule has 49 heavy (non-hydrogen) atoms. The molecule has 2 aromatic carbocycles. The molecule has 2 aliphatic heterocycles. The molecule has 6 atom stereocenters. The summed E-state index contributed by atoms with van der Waals surface area (Å²) in [6.07, 6.45) is -4.00. The number of para-hydroxylation sites is 1. The quantitative estimate of drug-likeness (QED) is 0.149. The summed E-state index contributed by atoms with van der Waals surface area (Å²) in [6.45, 7) is 5.09. The molecule has 2 heterocycles. The van der Waals surface area contributed by atoms with Gasteiger partial charge in [0.05, 0.1) is 19.1 Å². The van der Waals surface area contributed by atoms with Crippen LogP contribution in [0.15, 0.2) is 85.3 Å². The van der Waals surface area contributed by atoms with Crippen LogP contribution in [0.4, 0.5) is 10.5 Å². The zero-order valence-electron chi connectivity index (χ0n) is 26.9. The average molecular weight is 680 g/mol. The maximum Gasteiger partial charge on any atom is 0.412 e. The van der Waals surface area contributed by atoms with Crippen molar-refractivity contribution in [1.29, 1.82) is 0 Å². The van der Waals surface area contributed by atoms with E-state index in [0.29, 0.717) is 11.3 Å². The van der Waals surface area contributed by atoms with Gasteiger partial charge in [-0.1, -0.05) is 62.0 Å². The number of hydrogen-bond donors (Lipinski definition) is 6. The second-order valence-electron chi connectivity index (χ2n) is 11.3. The number of esters is 1. The molecule has 2 aliphatic rings. The number of aliphatic hydroxyl groups is 2. The standard InChI is InChI=1S/C34H41N5O10/c1-3-26(40)38-24(32(22-10-6-4-7-11-22)49-34(46)37-23-12-8-5-9-13-23)17-19-47-29(43)15-14-27(41)35-20-25-30(44)31(45)33(48-25)39-18-16-28(42)36-21(39)2/h4-13,16,18,24-25,30-33,44-45H,2-3,14-15,17,19-20H2,1H3,(H,35,41)(H,36,42)(H,37,46)(H,38,40). The lowest BCUT2D eigenvalue weighted by Crippen LogP contribution is -2.46. The van der Waals surface area contributed by atoms with Gasteiger partial charge < -0.3 is 45.3 Å². The molecule has 0 spiro atoms. The lowest BCUT2D eigenvalue weighted by Gasteiger charge is -2.32. The minimum absolute atomic E-state index is 0.102. The van der Waals surface area contributed by atoms with E-state index in [1.807, 2.05) is 6.07 Å². The summed E-state index contributed by atoms with van der Waals surface area (Å²) >= 11 is 0. The molecule has 15 nitrogen and oxygen atoms in total. The minimum atomic E-state index is -1.36. The molecule has 1 fully saturated rings. The lowest BCUT2D eigenvalue weighted by atomic mass is 9.99. The van der Waals surface area contributed by atoms with Gasteiger partial charge in [-0.3, -0.25) is 24.5 Å². The molecule has 0 radical (unpaired) electrons. The van der Waals surface area contributed by atoms with E-state index in [-0.39, 0.29) is 50.6 Å². The summed E-state index contributed by atoms with van der Waals surface area (Å²) in [7, 11) is 0. The molecule has 0 saturated carbocycles. The van der Waals surface area contributed by atoms with Crippen LogP contribution in [0.3, 0.4) is 0 Å². The van der Waals surface area contributed by atoms with Gasteiger partial charge in [-0.05, 0) is 17.7 Å². The SMILES string of the molecule is C=C1NC(=O)C=CN1C1OC(CNC(=O)CCC(=O)OCCC(NC(=O)CC)C(OC(=O)Nc2ccccc2)c2ccccc2)C(O)C1O. The van der Waals surface area contributed by atoms with Gasteiger partial charge in [0.25, 0.3) is 5.91 Å². The number of nitrogens with zero attached hydrogens (tertiary/aromatic N) is 1. The van der Waals surface area contributed by atoms with Crippen molar-refractivity contribution >= 4 is 35.5 Å². The maximum absolute atomic E-state index is 12.8. The smallest absolute Gasteiger partial charge is 0.412 e. The van der Waals surface area contributed by atoms with Crippen LogP contribution in [-0.4, -0.2) is 88.6 Å². The van der Waals surface area contributed by atoms with Crippen molar-refractivity contribution in [3.05, 3.63) is 90.9 Å². The van der Waals surface area contributed by atoms with Crippen molar-refractivity contribution in [3.63, 3.8) is 0 Å². The first-order valence-corrected chi connectivity index (χ1v) is 15.8. The van der Waals surface area contributed by atoms with Gasteiger partial charge in [0.1, 0.15) is 30.2 Å². The van der Waals surface area contributed by atoms with Crippen molar-refractivity contribution in [1.82, 2.24) is 20.9 Å². The second-order valence-corrected chi connectivity index (χ2v) is 11.3. The first-order valence-electron chi connectivity index (χ1n) is 15.8.